The van der Waals surface area contributed by atoms with Crippen LogP contribution in [0.15, 0.2) is 24.3 Å². The standard InChI is InChI=1S/C16H23NO5S/c1-3-4-9-21-16(20)17-14(15(18)19)10-12-5-7-13(8-6-12)22-11-23-2/h5-8,14H,3-4,9-11H2,1-2H3,(H,17,20)(H,18,19). The Hall–Kier alpha value is -1.89. The highest BCUT2D eigenvalue weighted by Gasteiger charge is 2.21. The summed E-state index contributed by atoms with van der Waals surface area (Å²) in [4.78, 5) is 22.9. The number of rotatable bonds is 10. The zero-order valence-electron chi connectivity index (χ0n) is 13.4. The van der Waals surface area contributed by atoms with E-state index in [0.29, 0.717) is 5.94 Å². The SMILES string of the molecule is CCCCOC(=O)NC(Cc1ccc(OCSC)cc1)C(=O)O. The fourth-order valence-electron chi connectivity index (χ4n) is 1.78. The average molecular weight is 341 g/mol. The molecule has 1 unspecified atom stereocenters. The van der Waals surface area contributed by atoms with Crippen molar-refractivity contribution in [3.05, 3.63) is 29.8 Å². The molecule has 7 heteroatoms. The molecule has 0 heterocycles. The molecule has 1 aromatic carbocycles. The number of unbranched alkanes of at least 4 members (excludes halogenated alkanes) is 1. The number of amides is 1. The maximum absolute atomic E-state index is 11.6. The number of carbonyl (C=O) groups excluding carboxylic acids is 1. The molecule has 0 saturated carbocycles. The van der Waals surface area contributed by atoms with E-state index in [2.05, 4.69) is 5.32 Å². The Morgan fingerprint density at radius 1 is 1.30 bits per heavy atom. The topological polar surface area (TPSA) is 84.9 Å². The number of carboxylic acids is 1. The summed E-state index contributed by atoms with van der Waals surface area (Å²) in [5, 5.41) is 11.6. The van der Waals surface area contributed by atoms with Gasteiger partial charge in [-0.05, 0) is 30.4 Å². The predicted molar refractivity (Wildman–Crippen MR) is 90.0 cm³/mol. The molecular formula is C16H23NO5S. The lowest BCUT2D eigenvalue weighted by molar-refractivity contribution is -0.139. The van der Waals surface area contributed by atoms with E-state index in [9.17, 15) is 14.7 Å². The number of ether oxygens (including phenoxy) is 2. The zero-order chi connectivity index (χ0) is 17.1. The molecule has 128 valence electrons. The van der Waals surface area contributed by atoms with E-state index in [0.717, 1.165) is 24.2 Å². The smallest absolute Gasteiger partial charge is 0.407 e. The van der Waals surface area contributed by atoms with Gasteiger partial charge in [0.15, 0.2) is 0 Å². The van der Waals surface area contributed by atoms with E-state index in [-0.39, 0.29) is 13.0 Å². The van der Waals surface area contributed by atoms with Gasteiger partial charge in [-0.3, -0.25) is 0 Å². The summed E-state index contributed by atoms with van der Waals surface area (Å²) in [5.41, 5.74) is 0.794. The molecule has 0 bridgehead atoms. The Kier molecular flexibility index (Phi) is 8.97. The summed E-state index contributed by atoms with van der Waals surface area (Å²) < 4.78 is 10.4. The van der Waals surface area contributed by atoms with Crippen LogP contribution >= 0.6 is 11.8 Å². The van der Waals surface area contributed by atoms with Gasteiger partial charge in [-0.25, -0.2) is 9.59 Å². The van der Waals surface area contributed by atoms with Crippen molar-refractivity contribution in [2.45, 2.75) is 32.2 Å². The van der Waals surface area contributed by atoms with Crippen molar-refractivity contribution in [2.75, 3.05) is 18.8 Å². The van der Waals surface area contributed by atoms with E-state index in [1.54, 1.807) is 36.0 Å². The summed E-state index contributed by atoms with van der Waals surface area (Å²) in [5.74, 6) is 0.185. The Morgan fingerprint density at radius 3 is 2.57 bits per heavy atom. The van der Waals surface area contributed by atoms with Gasteiger partial charge in [-0.1, -0.05) is 25.5 Å². The highest BCUT2D eigenvalue weighted by Crippen LogP contribution is 2.15. The van der Waals surface area contributed by atoms with Crippen molar-refractivity contribution < 1.29 is 24.2 Å². The minimum atomic E-state index is -1.10. The minimum absolute atomic E-state index is 0.182. The summed E-state index contributed by atoms with van der Waals surface area (Å²) in [6.45, 7) is 2.27. The van der Waals surface area contributed by atoms with Crippen molar-refractivity contribution >= 4 is 23.8 Å². The second kappa shape index (κ2) is 10.8. The molecule has 0 aliphatic heterocycles. The van der Waals surface area contributed by atoms with Crippen molar-refractivity contribution in [1.82, 2.24) is 5.32 Å². The van der Waals surface area contributed by atoms with Gasteiger partial charge in [-0.2, -0.15) is 0 Å². The van der Waals surface area contributed by atoms with Gasteiger partial charge < -0.3 is 19.9 Å². The average Bonchev–Trinajstić information content (AvgIpc) is 2.53. The van der Waals surface area contributed by atoms with Gasteiger partial charge in [0.1, 0.15) is 17.7 Å². The molecule has 0 fully saturated rings. The van der Waals surface area contributed by atoms with Gasteiger partial charge >= 0.3 is 12.1 Å². The van der Waals surface area contributed by atoms with Crippen LogP contribution in [0.5, 0.6) is 5.75 Å². The lowest BCUT2D eigenvalue weighted by Crippen LogP contribution is -2.42. The number of carbonyl (C=O) groups is 2. The van der Waals surface area contributed by atoms with Crippen LogP contribution in [0.25, 0.3) is 0 Å². The molecule has 0 radical (unpaired) electrons. The monoisotopic (exact) mass is 341 g/mol. The molecule has 1 amide bonds. The number of alkyl carbamates (subject to hydrolysis) is 1. The van der Waals surface area contributed by atoms with E-state index in [1.165, 1.54) is 0 Å². The van der Waals surface area contributed by atoms with Gasteiger partial charge in [0.2, 0.25) is 0 Å². The van der Waals surface area contributed by atoms with E-state index < -0.39 is 18.1 Å². The molecule has 0 aliphatic rings. The third kappa shape index (κ3) is 7.78. The zero-order valence-corrected chi connectivity index (χ0v) is 14.2. The van der Waals surface area contributed by atoms with Crippen LogP contribution in [0.2, 0.25) is 0 Å². The van der Waals surface area contributed by atoms with E-state index >= 15 is 0 Å². The molecule has 1 aromatic rings. The van der Waals surface area contributed by atoms with Crippen LogP contribution < -0.4 is 10.1 Å². The molecule has 0 aliphatic carbocycles. The number of hydrogen-bond donors (Lipinski definition) is 2. The van der Waals surface area contributed by atoms with Crippen LogP contribution in [0, 0.1) is 0 Å². The van der Waals surface area contributed by atoms with E-state index in [1.807, 2.05) is 13.2 Å². The van der Waals surface area contributed by atoms with Gasteiger partial charge in [-0.15, -0.1) is 11.8 Å². The van der Waals surface area contributed by atoms with Gasteiger partial charge in [0.05, 0.1) is 6.61 Å². The Labute approximate surface area is 140 Å². The van der Waals surface area contributed by atoms with Crippen molar-refractivity contribution in [3.63, 3.8) is 0 Å². The first kappa shape index (κ1) is 19.2. The number of aliphatic carboxylic acids is 1. The minimum Gasteiger partial charge on any atom is -0.483 e. The lowest BCUT2D eigenvalue weighted by Gasteiger charge is -2.15. The molecule has 2 N–H and O–H groups in total. The Balaban J connectivity index is 2.55. The summed E-state index contributed by atoms with van der Waals surface area (Å²) in [7, 11) is 0. The van der Waals surface area contributed by atoms with Crippen LogP contribution in [0.4, 0.5) is 4.79 Å². The first-order chi connectivity index (χ1) is 11.1. The number of hydrogen-bond acceptors (Lipinski definition) is 5. The lowest BCUT2D eigenvalue weighted by atomic mass is 10.1. The van der Waals surface area contributed by atoms with Crippen LogP contribution in [0.3, 0.4) is 0 Å². The molecule has 0 aromatic heterocycles. The molecule has 1 rings (SSSR count). The number of carboxylic acid groups (broad SMARTS) is 1. The molecule has 23 heavy (non-hydrogen) atoms. The Morgan fingerprint density at radius 2 is 2.00 bits per heavy atom. The number of nitrogens with one attached hydrogen (secondary N) is 1. The molecule has 0 spiro atoms. The predicted octanol–water partition coefficient (Wildman–Crippen LogP) is 2.91. The maximum Gasteiger partial charge on any atom is 0.407 e. The first-order valence-electron chi connectivity index (χ1n) is 7.43. The molecule has 6 nitrogen and oxygen atoms in total. The van der Waals surface area contributed by atoms with Crippen LogP contribution in [-0.4, -0.2) is 42.0 Å². The number of thioether (sulfide) groups is 1. The maximum atomic E-state index is 11.6. The normalized spacial score (nSPS) is 11.6. The summed E-state index contributed by atoms with van der Waals surface area (Å²) >= 11 is 1.57. The fraction of sp³-hybridized carbons (Fsp3) is 0.500. The second-order valence-electron chi connectivity index (χ2n) is 4.92. The third-order valence-corrected chi connectivity index (χ3v) is 3.38. The highest BCUT2D eigenvalue weighted by atomic mass is 32.2. The van der Waals surface area contributed by atoms with Crippen LogP contribution in [0.1, 0.15) is 25.3 Å². The summed E-state index contributed by atoms with van der Waals surface area (Å²) in [6.07, 6.45) is 3.08. The van der Waals surface area contributed by atoms with Crippen molar-refractivity contribution in [2.24, 2.45) is 0 Å². The molecular weight excluding hydrogens is 318 g/mol. The Bertz CT molecular complexity index is 492. The molecule has 0 saturated heterocycles. The second-order valence-corrected chi connectivity index (χ2v) is 5.74. The quantitative estimate of drug-likeness (QED) is 0.503. The third-order valence-electron chi connectivity index (χ3n) is 3.03. The van der Waals surface area contributed by atoms with E-state index in [4.69, 9.17) is 9.47 Å². The van der Waals surface area contributed by atoms with Crippen molar-refractivity contribution in [1.29, 1.82) is 0 Å². The van der Waals surface area contributed by atoms with Gasteiger partial charge in [0, 0.05) is 6.42 Å². The molecule has 1 atom stereocenters. The largest absolute Gasteiger partial charge is 0.483 e. The first-order valence-corrected chi connectivity index (χ1v) is 8.83. The fourth-order valence-corrected chi connectivity index (χ4v) is 2.03. The van der Waals surface area contributed by atoms with Gasteiger partial charge in [0.25, 0.3) is 0 Å². The van der Waals surface area contributed by atoms with Crippen molar-refractivity contribution in [3.8, 4) is 5.75 Å². The highest BCUT2D eigenvalue weighted by molar-refractivity contribution is 7.98. The van der Waals surface area contributed by atoms with Crippen LogP contribution in [-0.2, 0) is 16.0 Å². The summed E-state index contributed by atoms with van der Waals surface area (Å²) in [6, 6.07) is 6.11. The number of benzene rings is 1.